The highest BCUT2D eigenvalue weighted by molar-refractivity contribution is 14.1. The van der Waals surface area contributed by atoms with Gasteiger partial charge in [0, 0.05) is 36.9 Å². The number of rotatable bonds is 2. The number of hydrogen-bond acceptors (Lipinski definition) is 4. The molecule has 0 saturated heterocycles. The van der Waals surface area contributed by atoms with Gasteiger partial charge in [-0.3, -0.25) is 4.98 Å². The van der Waals surface area contributed by atoms with Crippen LogP contribution in [-0.4, -0.2) is 27.1 Å². The van der Waals surface area contributed by atoms with Crippen LogP contribution in [0.2, 0.25) is 10.0 Å². The van der Waals surface area contributed by atoms with Crippen molar-refractivity contribution in [2.45, 2.75) is 0 Å². The number of nitrogens with zero attached hydrogens (tertiary/aromatic N) is 2. The fourth-order valence-corrected chi connectivity index (χ4v) is 3.20. The molecule has 0 bridgehead atoms. The first kappa shape index (κ1) is 27.2. The van der Waals surface area contributed by atoms with E-state index in [9.17, 15) is 0 Å². The topological polar surface area (TPSA) is 66.2 Å². The fraction of sp³-hybridized carbons (Fsp3) is 0. The molecule has 2 N–H and O–H groups in total. The van der Waals surface area contributed by atoms with Crippen LogP contribution >= 0.6 is 77.7 Å². The van der Waals surface area contributed by atoms with Crippen LogP contribution in [0.4, 0.5) is 0 Å². The van der Waals surface area contributed by atoms with Crippen molar-refractivity contribution in [2.75, 3.05) is 0 Å². The SMILES string of the molecule is Brc1ccc(I)nc1.Clc1ccc(-c2ccc(Br)cn2)cc1.OB(O)c1ccc(Cl)cc1. The van der Waals surface area contributed by atoms with Gasteiger partial charge in [0.2, 0.25) is 0 Å². The molecule has 0 aliphatic carbocycles. The predicted octanol–water partition coefficient (Wildman–Crippen LogP) is 6.63. The number of benzene rings is 2. The van der Waals surface area contributed by atoms with Crippen LogP contribution in [-0.2, 0) is 0 Å². The summed E-state index contributed by atoms with van der Waals surface area (Å²) >= 11 is 20.1. The van der Waals surface area contributed by atoms with Crippen LogP contribution in [0.1, 0.15) is 0 Å². The van der Waals surface area contributed by atoms with E-state index in [-0.39, 0.29) is 0 Å². The van der Waals surface area contributed by atoms with Gasteiger partial charge in [-0.25, -0.2) is 4.98 Å². The number of halogens is 5. The molecule has 0 saturated carbocycles. The first-order chi connectivity index (χ1) is 15.2. The summed E-state index contributed by atoms with van der Waals surface area (Å²) in [4.78, 5) is 8.31. The van der Waals surface area contributed by atoms with Crippen LogP contribution in [0.15, 0.2) is 94.1 Å². The second-order valence-electron chi connectivity index (χ2n) is 6.09. The molecule has 0 atom stereocenters. The van der Waals surface area contributed by atoms with Crippen molar-refractivity contribution in [1.82, 2.24) is 9.97 Å². The zero-order valence-corrected chi connectivity index (χ0v) is 23.2. The predicted molar refractivity (Wildman–Crippen MR) is 148 cm³/mol. The van der Waals surface area contributed by atoms with Crippen molar-refractivity contribution in [1.29, 1.82) is 0 Å². The van der Waals surface area contributed by atoms with Gasteiger partial charge in [-0.2, -0.15) is 0 Å². The molecule has 4 aromatic rings. The average Bonchev–Trinajstić information content (AvgIpc) is 2.78. The minimum Gasteiger partial charge on any atom is -0.423 e. The van der Waals surface area contributed by atoms with E-state index in [1.165, 1.54) is 0 Å². The second-order valence-corrected chi connectivity index (χ2v) is 9.90. The molecule has 2 heterocycles. The minimum atomic E-state index is -1.41. The molecular weight excluding hydrogens is 693 g/mol. The van der Waals surface area contributed by atoms with Gasteiger partial charge in [0.1, 0.15) is 3.70 Å². The standard InChI is InChI=1S/C11H7BrClN.C6H6BClO2.C5H3BrIN/c12-9-3-6-11(14-7-9)8-1-4-10(13)5-2-8;8-6-3-1-5(2-4-6)7(9)10;6-4-1-2-5(7)8-3-4/h1-7H;1-4,9-10H;1-3H. The molecule has 0 fully saturated rings. The first-order valence-corrected chi connectivity index (χ1v) is 12.4. The lowest BCUT2D eigenvalue weighted by molar-refractivity contribution is 0.426. The Labute approximate surface area is 227 Å². The largest absolute Gasteiger partial charge is 0.488 e. The van der Waals surface area contributed by atoms with Crippen molar-refractivity contribution < 1.29 is 10.0 Å². The zero-order chi connectivity index (χ0) is 23.5. The lowest BCUT2D eigenvalue weighted by Crippen LogP contribution is -2.29. The number of aromatic nitrogens is 2. The summed E-state index contributed by atoms with van der Waals surface area (Å²) in [6, 6.07) is 21.8. The van der Waals surface area contributed by atoms with Crippen LogP contribution in [0.5, 0.6) is 0 Å². The quantitative estimate of drug-likeness (QED) is 0.140. The molecule has 0 aliphatic rings. The average molecular weight is 709 g/mol. The summed E-state index contributed by atoms with van der Waals surface area (Å²) in [6.45, 7) is 0. The molecule has 2 aromatic heterocycles. The Bertz CT molecular complexity index is 1020. The van der Waals surface area contributed by atoms with Crippen molar-refractivity contribution >= 4 is 90.2 Å². The normalized spacial score (nSPS) is 9.72. The van der Waals surface area contributed by atoms with Gasteiger partial charge in [-0.05, 0) is 108 Å². The van der Waals surface area contributed by atoms with E-state index >= 15 is 0 Å². The molecule has 0 radical (unpaired) electrons. The van der Waals surface area contributed by atoms with Gasteiger partial charge in [0.05, 0.1) is 5.69 Å². The third kappa shape index (κ3) is 10.3. The van der Waals surface area contributed by atoms with Gasteiger partial charge >= 0.3 is 7.12 Å². The summed E-state index contributed by atoms with van der Waals surface area (Å²) in [5.41, 5.74) is 2.47. The van der Waals surface area contributed by atoms with E-state index in [1.807, 2.05) is 48.5 Å². The van der Waals surface area contributed by atoms with Gasteiger partial charge in [-0.15, -0.1) is 0 Å². The summed E-state index contributed by atoms with van der Waals surface area (Å²) in [5.74, 6) is 0. The summed E-state index contributed by atoms with van der Waals surface area (Å²) in [7, 11) is -1.41. The first-order valence-electron chi connectivity index (χ1n) is 9.01. The molecule has 4 nitrogen and oxygen atoms in total. The molecule has 0 spiro atoms. The molecule has 2 aromatic carbocycles. The maximum atomic E-state index is 8.63. The Hall–Kier alpha value is -1.01. The van der Waals surface area contributed by atoms with E-state index in [2.05, 4.69) is 64.4 Å². The lowest BCUT2D eigenvalue weighted by Gasteiger charge is -2.00. The third-order valence-electron chi connectivity index (χ3n) is 3.73. The van der Waals surface area contributed by atoms with Crippen molar-refractivity contribution in [2.24, 2.45) is 0 Å². The summed E-state index contributed by atoms with van der Waals surface area (Å²) in [5, 5.41) is 18.6. The summed E-state index contributed by atoms with van der Waals surface area (Å²) in [6.07, 6.45) is 3.56. The highest BCUT2D eigenvalue weighted by Gasteiger charge is 2.08. The monoisotopic (exact) mass is 706 g/mol. The molecule has 4 rings (SSSR count). The van der Waals surface area contributed by atoms with Gasteiger partial charge < -0.3 is 10.0 Å². The van der Waals surface area contributed by atoms with E-state index in [4.69, 9.17) is 33.2 Å². The molecule has 164 valence electrons. The lowest BCUT2D eigenvalue weighted by atomic mass is 9.81. The van der Waals surface area contributed by atoms with Crippen molar-refractivity contribution in [3.63, 3.8) is 0 Å². The van der Waals surface area contributed by atoms with Crippen LogP contribution < -0.4 is 5.46 Å². The van der Waals surface area contributed by atoms with Gasteiger partial charge in [-0.1, -0.05) is 47.5 Å². The van der Waals surface area contributed by atoms with Gasteiger partial charge in [0.15, 0.2) is 0 Å². The Morgan fingerprint density at radius 3 is 1.59 bits per heavy atom. The van der Waals surface area contributed by atoms with Crippen LogP contribution in [0.25, 0.3) is 11.3 Å². The third-order valence-corrected chi connectivity index (χ3v) is 5.81. The van der Waals surface area contributed by atoms with E-state index in [0.717, 1.165) is 28.9 Å². The van der Waals surface area contributed by atoms with E-state index in [1.54, 1.807) is 36.7 Å². The molecule has 0 aliphatic heterocycles. The maximum absolute atomic E-state index is 8.63. The second kappa shape index (κ2) is 14.3. The molecule has 10 heteroatoms. The van der Waals surface area contributed by atoms with Gasteiger partial charge in [0.25, 0.3) is 0 Å². The molecule has 32 heavy (non-hydrogen) atoms. The molecular formula is C22H16BBr2Cl2IN2O2. The highest BCUT2D eigenvalue weighted by atomic mass is 127. The summed E-state index contributed by atoms with van der Waals surface area (Å²) < 4.78 is 3.03. The Morgan fingerprint density at radius 2 is 1.19 bits per heavy atom. The van der Waals surface area contributed by atoms with Crippen LogP contribution in [0, 0.1) is 3.70 Å². The number of pyridine rings is 2. The smallest absolute Gasteiger partial charge is 0.423 e. The molecule has 0 unspecified atom stereocenters. The zero-order valence-electron chi connectivity index (χ0n) is 16.3. The van der Waals surface area contributed by atoms with E-state index in [0.29, 0.717) is 10.5 Å². The van der Waals surface area contributed by atoms with Crippen molar-refractivity contribution in [3.8, 4) is 11.3 Å². The highest BCUT2D eigenvalue weighted by Crippen LogP contribution is 2.20. The Kier molecular flexibility index (Phi) is 12.2. The van der Waals surface area contributed by atoms with Crippen LogP contribution in [0.3, 0.4) is 0 Å². The fourth-order valence-electron chi connectivity index (χ4n) is 2.16. The Balaban J connectivity index is 0.000000178. The molecule has 0 amide bonds. The maximum Gasteiger partial charge on any atom is 0.488 e. The Morgan fingerprint density at radius 1 is 0.688 bits per heavy atom. The number of hydrogen-bond donors (Lipinski definition) is 2. The van der Waals surface area contributed by atoms with Crippen molar-refractivity contribution in [3.05, 3.63) is 108 Å². The van der Waals surface area contributed by atoms with E-state index < -0.39 is 7.12 Å². The minimum absolute atomic E-state index is 0.449.